The maximum Gasteiger partial charge on any atom is 0.506 e. The van der Waals surface area contributed by atoms with Crippen molar-refractivity contribution in [2.75, 3.05) is 25.5 Å². The number of benzene rings is 2. The molecule has 314 valence electrons. The van der Waals surface area contributed by atoms with Gasteiger partial charge in [-0.15, -0.1) is 0 Å². The lowest BCUT2D eigenvalue weighted by molar-refractivity contribution is -0.136. The van der Waals surface area contributed by atoms with Crippen LogP contribution in [0.5, 0.6) is 0 Å². The van der Waals surface area contributed by atoms with E-state index < -0.39 is 42.6 Å². The lowest BCUT2D eigenvalue weighted by Gasteiger charge is -2.27. The van der Waals surface area contributed by atoms with Crippen molar-refractivity contribution in [3.8, 4) is 11.3 Å². The summed E-state index contributed by atoms with van der Waals surface area (Å²) in [6.45, 7) is 12.5. The molecule has 1 saturated heterocycles. The van der Waals surface area contributed by atoms with Gasteiger partial charge in [-0.25, -0.2) is 9.59 Å². The topological polar surface area (TPSA) is 185 Å². The number of amides is 3. The van der Waals surface area contributed by atoms with Crippen LogP contribution < -0.4 is 16.2 Å². The molecule has 0 radical (unpaired) electrons. The average Bonchev–Trinajstić information content (AvgIpc) is 3.95. The third-order valence-corrected chi connectivity index (χ3v) is 9.62. The summed E-state index contributed by atoms with van der Waals surface area (Å²) in [6, 6.07) is 20.4. The maximum atomic E-state index is 13.6. The third-order valence-electron chi connectivity index (χ3n) is 9.62. The molecule has 4 N–H and O–H groups in total. The number of ether oxygens (including phenoxy) is 2. The highest BCUT2D eigenvalue weighted by Gasteiger charge is 2.33. The number of nitrogens with one attached hydrogen (secondary N) is 2. The molecule has 3 amide bonds. The molecular weight excluding hydrogens is 755 g/mol. The van der Waals surface area contributed by atoms with Crippen LogP contribution in [-0.4, -0.2) is 109 Å². The van der Waals surface area contributed by atoms with Crippen molar-refractivity contribution in [1.82, 2.24) is 24.3 Å². The van der Waals surface area contributed by atoms with E-state index in [-0.39, 0.29) is 29.7 Å². The summed E-state index contributed by atoms with van der Waals surface area (Å²) < 4.78 is 13.1. The first-order chi connectivity index (χ1) is 27.8. The summed E-state index contributed by atoms with van der Waals surface area (Å²) >= 11 is 0. The second kappa shape index (κ2) is 18.9. The Morgan fingerprint density at radius 3 is 2.05 bits per heavy atom. The molecule has 2 aliphatic heterocycles. The highest BCUT2D eigenvalue weighted by Crippen LogP contribution is 2.25. The largest absolute Gasteiger partial charge is 0.506 e. The SMILES string of the molecule is CC(C)(C)OC(=O)n1cccc1B(O)O.CN1Cc2ccccc2NC(=O)C1CC(=O)N[C@H](Cc1ccc(-c2cccn2C(=O)OC(C)(C)C)cc1)C(=O)N1CCCC1. The van der Waals surface area contributed by atoms with Gasteiger partial charge in [0.05, 0.1) is 23.7 Å². The predicted octanol–water partition coefficient (Wildman–Crippen LogP) is 4.38. The molecule has 4 heterocycles. The fourth-order valence-corrected chi connectivity index (χ4v) is 6.83. The van der Waals surface area contributed by atoms with Gasteiger partial charge in [0.1, 0.15) is 17.2 Å². The quantitative estimate of drug-likeness (QED) is 0.186. The Morgan fingerprint density at radius 2 is 1.42 bits per heavy atom. The van der Waals surface area contributed by atoms with Crippen LogP contribution >= 0.6 is 0 Å². The van der Waals surface area contributed by atoms with Crippen molar-refractivity contribution >= 4 is 48.3 Å². The van der Waals surface area contributed by atoms with E-state index >= 15 is 0 Å². The molecule has 0 spiro atoms. The minimum Gasteiger partial charge on any atom is -0.443 e. The number of carbonyl (C=O) groups is 5. The Balaban J connectivity index is 0.000000372. The standard InChI is InChI=1S/C34H41N5O5.C9H14BNO4/c1-34(2,3)44-33(43)39-19-9-12-28(39)24-15-13-23(14-16-24)20-27(32(42)38-17-7-8-18-38)35-30(40)21-29-31(41)36-26-11-6-5-10-25(26)22-37(29)4;1-9(2,3)15-8(12)11-6-4-5-7(11)10(13)14/h5-6,9-16,19,27,29H,7-8,17-18,20-22H2,1-4H3,(H,35,40)(H,36,41);4-6,13-14H,1-3H3/t27-,29?;/m1./s1. The number of rotatable bonds is 8. The first-order valence-electron chi connectivity index (χ1n) is 19.7. The summed E-state index contributed by atoms with van der Waals surface area (Å²) in [5, 5.41) is 23.8. The van der Waals surface area contributed by atoms with Gasteiger partial charge in [-0.3, -0.25) is 28.4 Å². The molecule has 2 aromatic carbocycles. The van der Waals surface area contributed by atoms with Crippen LogP contribution in [-0.2, 0) is 36.8 Å². The monoisotopic (exact) mass is 810 g/mol. The molecule has 4 aromatic rings. The van der Waals surface area contributed by atoms with Crippen molar-refractivity contribution in [3.63, 3.8) is 0 Å². The molecule has 1 unspecified atom stereocenters. The number of nitrogens with zero attached hydrogens (tertiary/aromatic N) is 4. The fourth-order valence-electron chi connectivity index (χ4n) is 6.83. The van der Waals surface area contributed by atoms with Crippen molar-refractivity contribution < 1.29 is 43.5 Å². The van der Waals surface area contributed by atoms with E-state index in [1.165, 1.54) is 16.8 Å². The van der Waals surface area contributed by atoms with Gasteiger partial charge in [0.2, 0.25) is 17.7 Å². The number of carbonyl (C=O) groups excluding carboxylic acids is 5. The van der Waals surface area contributed by atoms with Crippen molar-refractivity contribution in [1.29, 1.82) is 0 Å². The number of para-hydroxylation sites is 1. The van der Waals surface area contributed by atoms with E-state index in [9.17, 15) is 24.0 Å². The Labute approximate surface area is 345 Å². The van der Waals surface area contributed by atoms with Crippen molar-refractivity contribution in [2.45, 2.75) is 97.1 Å². The van der Waals surface area contributed by atoms with Gasteiger partial charge < -0.3 is 35.1 Å². The second-order valence-electron chi connectivity index (χ2n) is 16.7. The summed E-state index contributed by atoms with van der Waals surface area (Å²) in [5.74, 6) is -0.723. The third kappa shape index (κ3) is 12.2. The highest BCUT2D eigenvalue weighted by atomic mass is 16.6. The average molecular weight is 811 g/mol. The molecule has 0 bridgehead atoms. The van der Waals surface area contributed by atoms with Crippen LogP contribution in [0.2, 0.25) is 0 Å². The molecule has 1 fully saturated rings. The van der Waals surface area contributed by atoms with Crippen LogP contribution in [0.3, 0.4) is 0 Å². The normalized spacial score (nSPS) is 16.1. The molecule has 2 atom stereocenters. The van der Waals surface area contributed by atoms with Crippen LogP contribution in [0.25, 0.3) is 11.3 Å². The van der Waals surface area contributed by atoms with Crippen LogP contribution in [0.15, 0.2) is 85.2 Å². The zero-order valence-corrected chi connectivity index (χ0v) is 34.8. The van der Waals surface area contributed by atoms with Gasteiger partial charge >= 0.3 is 19.3 Å². The summed E-state index contributed by atoms with van der Waals surface area (Å²) in [5.41, 5.74) is 2.96. The maximum absolute atomic E-state index is 13.6. The van der Waals surface area contributed by atoms with Crippen molar-refractivity contribution in [2.24, 2.45) is 0 Å². The summed E-state index contributed by atoms with van der Waals surface area (Å²) in [7, 11) is 0.139. The van der Waals surface area contributed by atoms with E-state index in [1.54, 1.807) is 44.0 Å². The van der Waals surface area contributed by atoms with Crippen LogP contribution in [0.4, 0.5) is 15.3 Å². The minimum absolute atomic E-state index is 0.0688. The second-order valence-corrected chi connectivity index (χ2v) is 16.7. The Kier molecular flexibility index (Phi) is 14.2. The number of anilines is 1. The molecule has 2 aromatic heterocycles. The van der Waals surface area contributed by atoms with Gasteiger partial charge in [0.15, 0.2) is 0 Å². The summed E-state index contributed by atoms with van der Waals surface area (Å²) in [6.07, 6.45) is 4.10. The lowest BCUT2D eigenvalue weighted by Crippen LogP contribution is -2.51. The molecule has 0 saturated carbocycles. The van der Waals surface area contributed by atoms with Crippen molar-refractivity contribution in [3.05, 3.63) is 96.3 Å². The van der Waals surface area contributed by atoms with E-state index in [0.29, 0.717) is 31.7 Å². The van der Waals surface area contributed by atoms with Crippen LogP contribution in [0, 0.1) is 0 Å². The number of likely N-dealkylation sites (tertiary alicyclic amines) is 1. The Bertz CT molecular complexity index is 2110. The van der Waals surface area contributed by atoms with Gasteiger partial charge in [-0.2, -0.15) is 0 Å². The minimum atomic E-state index is -1.69. The first-order valence-corrected chi connectivity index (χ1v) is 19.7. The van der Waals surface area contributed by atoms with E-state index in [1.807, 2.05) is 87.3 Å². The van der Waals surface area contributed by atoms with Gasteiger partial charge in [0, 0.05) is 44.1 Å². The molecular formula is C43H55BN6O9. The predicted molar refractivity (Wildman–Crippen MR) is 224 cm³/mol. The van der Waals surface area contributed by atoms with E-state index in [0.717, 1.165) is 39.8 Å². The molecule has 6 rings (SSSR count). The zero-order chi connectivity index (χ0) is 43.1. The highest BCUT2D eigenvalue weighted by molar-refractivity contribution is 6.58. The number of likely N-dealkylation sites (N-methyl/N-ethyl adjacent to an activating group) is 1. The summed E-state index contributed by atoms with van der Waals surface area (Å²) in [4.78, 5) is 68.0. The van der Waals surface area contributed by atoms with Gasteiger partial charge in [-0.05, 0) is 108 Å². The van der Waals surface area contributed by atoms with Gasteiger partial charge in [0.25, 0.3) is 0 Å². The number of hydrogen-bond acceptors (Lipinski definition) is 10. The van der Waals surface area contributed by atoms with Crippen LogP contribution in [0.1, 0.15) is 71.9 Å². The number of hydrogen-bond donors (Lipinski definition) is 4. The smallest absolute Gasteiger partial charge is 0.443 e. The lowest BCUT2D eigenvalue weighted by atomic mass is 9.86. The molecule has 0 aliphatic carbocycles. The molecule has 59 heavy (non-hydrogen) atoms. The molecule has 2 aliphatic rings. The zero-order valence-electron chi connectivity index (χ0n) is 34.8. The molecule has 16 heteroatoms. The Hall–Kier alpha value is -5.71. The first kappa shape index (κ1) is 44.4. The number of aromatic nitrogens is 2. The van der Waals surface area contributed by atoms with E-state index in [4.69, 9.17) is 19.5 Å². The fraction of sp³-hybridized carbons (Fsp3) is 0.419. The molecule has 15 nitrogen and oxygen atoms in total. The van der Waals surface area contributed by atoms with E-state index in [2.05, 4.69) is 10.6 Å². The Morgan fingerprint density at radius 1 is 0.831 bits per heavy atom. The van der Waals surface area contributed by atoms with Gasteiger partial charge in [-0.1, -0.05) is 42.5 Å². The number of fused-ring (bicyclic) bond motifs is 1.